The minimum absolute atomic E-state index is 0.0827. The number of hydrogen-bond acceptors (Lipinski definition) is 5. The summed E-state index contributed by atoms with van der Waals surface area (Å²) in [5.74, 6) is -0.120. The Labute approximate surface area is 180 Å². The van der Waals surface area contributed by atoms with Crippen LogP contribution in [0.1, 0.15) is 25.1 Å². The zero-order chi connectivity index (χ0) is 21.8. The van der Waals surface area contributed by atoms with Gasteiger partial charge in [0, 0.05) is 29.9 Å². The van der Waals surface area contributed by atoms with E-state index in [1.54, 1.807) is 24.5 Å². The number of rotatable bonds is 6. The molecule has 154 valence electrons. The normalized spacial score (nSPS) is 10.8. The van der Waals surface area contributed by atoms with Crippen molar-refractivity contribution in [3.63, 3.8) is 0 Å². The number of pyridine rings is 2. The van der Waals surface area contributed by atoms with Gasteiger partial charge in [-0.2, -0.15) is 5.26 Å². The molecule has 2 aromatic carbocycles. The SMILES string of the molecule is CC(C)Oc1ccc(CNc2cccc3c(-c4ccc(C#N)nc4)ccnc23)cc1F. The van der Waals surface area contributed by atoms with Gasteiger partial charge in [-0.15, -0.1) is 0 Å². The summed E-state index contributed by atoms with van der Waals surface area (Å²) in [6.45, 7) is 4.18. The quantitative estimate of drug-likeness (QED) is 0.439. The fraction of sp³-hybridized carbons (Fsp3) is 0.160. The predicted octanol–water partition coefficient (Wildman–Crippen LogP) is 5.71. The van der Waals surface area contributed by atoms with Crippen LogP contribution < -0.4 is 10.1 Å². The number of fused-ring (bicyclic) bond motifs is 1. The van der Waals surface area contributed by atoms with Crippen LogP contribution >= 0.6 is 0 Å². The summed E-state index contributed by atoms with van der Waals surface area (Å²) in [7, 11) is 0. The lowest BCUT2D eigenvalue weighted by Gasteiger charge is -2.13. The average Bonchev–Trinajstić information content (AvgIpc) is 2.78. The molecular formula is C25H21FN4O. The van der Waals surface area contributed by atoms with Crippen molar-refractivity contribution in [2.75, 3.05) is 5.32 Å². The number of hydrogen-bond donors (Lipinski definition) is 1. The van der Waals surface area contributed by atoms with E-state index in [4.69, 9.17) is 10.00 Å². The summed E-state index contributed by atoms with van der Waals surface area (Å²) >= 11 is 0. The smallest absolute Gasteiger partial charge is 0.165 e. The fourth-order valence-electron chi connectivity index (χ4n) is 3.39. The van der Waals surface area contributed by atoms with Gasteiger partial charge in [0.15, 0.2) is 11.6 Å². The van der Waals surface area contributed by atoms with Crippen molar-refractivity contribution in [1.82, 2.24) is 9.97 Å². The molecule has 2 aromatic heterocycles. The molecule has 4 rings (SSSR count). The summed E-state index contributed by atoms with van der Waals surface area (Å²) < 4.78 is 19.8. The first-order chi connectivity index (χ1) is 15.0. The minimum Gasteiger partial charge on any atom is -0.488 e. The standard InChI is InChI=1S/C25H21FN4O/c1-16(2)31-24-9-6-17(12-22(24)26)14-30-23-5-3-4-21-20(10-11-28-25(21)23)18-7-8-19(13-27)29-15-18/h3-12,15-16,30H,14H2,1-2H3. The van der Waals surface area contributed by atoms with Crippen LogP contribution in [0.2, 0.25) is 0 Å². The second-order valence-corrected chi connectivity index (χ2v) is 7.39. The van der Waals surface area contributed by atoms with E-state index in [0.717, 1.165) is 33.3 Å². The average molecular weight is 412 g/mol. The molecule has 0 saturated heterocycles. The highest BCUT2D eigenvalue weighted by atomic mass is 19.1. The lowest BCUT2D eigenvalue weighted by molar-refractivity contribution is 0.231. The van der Waals surface area contributed by atoms with E-state index in [-0.39, 0.29) is 17.7 Å². The Hall–Kier alpha value is -3.98. The molecule has 0 atom stereocenters. The first-order valence-electron chi connectivity index (χ1n) is 9.98. The predicted molar refractivity (Wildman–Crippen MR) is 119 cm³/mol. The van der Waals surface area contributed by atoms with Crippen molar-refractivity contribution >= 4 is 16.6 Å². The van der Waals surface area contributed by atoms with E-state index in [9.17, 15) is 4.39 Å². The molecule has 0 aliphatic heterocycles. The summed E-state index contributed by atoms with van der Waals surface area (Å²) in [6, 6.07) is 18.4. The molecule has 31 heavy (non-hydrogen) atoms. The number of nitriles is 1. The summed E-state index contributed by atoms with van der Waals surface area (Å²) in [4.78, 5) is 8.72. The highest BCUT2D eigenvalue weighted by Crippen LogP contribution is 2.31. The van der Waals surface area contributed by atoms with Crippen LogP contribution in [0.3, 0.4) is 0 Å². The lowest BCUT2D eigenvalue weighted by Crippen LogP contribution is -2.07. The highest BCUT2D eigenvalue weighted by Gasteiger charge is 2.10. The van der Waals surface area contributed by atoms with Crippen LogP contribution in [0.15, 0.2) is 67.0 Å². The third kappa shape index (κ3) is 4.46. The Kier molecular flexibility index (Phi) is 5.76. The molecule has 0 aliphatic rings. The van der Waals surface area contributed by atoms with Gasteiger partial charge in [0.05, 0.1) is 17.3 Å². The van der Waals surface area contributed by atoms with Gasteiger partial charge in [-0.3, -0.25) is 4.98 Å². The van der Waals surface area contributed by atoms with Gasteiger partial charge < -0.3 is 10.1 Å². The van der Waals surface area contributed by atoms with Crippen molar-refractivity contribution in [3.8, 4) is 22.9 Å². The summed E-state index contributed by atoms with van der Waals surface area (Å²) in [6.07, 6.45) is 3.36. The van der Waals surface area contributed by atoms with E-state index in [2.05, 4.69) is 15.3 Å². The van der Waals surface area contributed by atoms with Crippen molar-refractivity contribution < 1.29 is 9.13 Å². The molecule has 0 spiro atoms. The Morgan fingerprint density at radius 2 is 1.97 bits per heavy atom. The number of nitrogens with zero attached hydrogens (tertiary/aromatic N) is 3. The Bertz CT molecular complexity index is 1260. The van der Waals surface area contributed by atoms with Crippen molar-refractivity contribution in [3.05, 3.63) is 84.1 Å². The van der Waals surface area contributed by atoms with Gasteiger partial charge >= 0.3 is 0 Å². The molecule has 0 radical (unpaired) electrons. The molecule has 0 aliphatic carbocycles. The highest BCUT2D eigenvalue weighted by molar-refractivity contribution is 6.00. The number of nitrogens with one attached hydrogen (secondary N) is 1. The summed E-state index contributed by atoms with van der Waals surface area (Å²) in [5.41, 5.74) is 4.73. The van der Waals surface area contributed by atoms with Crippen LogP contribution in [-0.2, 0) is 6.54 Å². The minimum atomic E-state index is -0.375. The van der Waals surface area contributed by atoms with Gasteiger partial charge in [0.25, 0.3) is 0 Å². The number of halogens is 1. The van der Waals surface area contributed by atoms with Gasteiger partial charge in [0.1, 0.15) is 11.8 Å². The Morgan fingerprint density at radius 1 is 1.10 bits per heavy atom. The van der Waals surface area contributed by atoms with E-state index < -0.39 is 0 Å². The maximum Gasteiger partial charge on any atom is 0.165 e. The van der Waals surface area contributed by atoms with Gasteiger partial charge in [0.2, 0.25) is 0 Å². The molecule has 2 heterocycles. The molecular weight excluding hydrogens is 391 g/mol. The van der Waals surface area contributed by atoms with Gasteiger partial charge in [-0.25, -0.2) is 9.37 Å². The fourth-order valence-corrected chi connectivity index (χ4v) is 3.39. The Balaban J connectivity index is 1.60. The van der Waals surface area contributed by atoms with Crippen LogP contribution in [0.5, 0.6) is 5.75 Å². The van der Waals surface area contributed by atoms with E-state index in [0.29, 0.717) is 12.2 Å². The van der Waals surface area contributed by atoms with Gasteiger partial charge in [-0.1, -0.05) is 18.2 Å². The van der Waals surface area contributed by atoms with E-state index >= 15 is 0 Å². The molecule has 4 aromatic rings. The zero-order valence-corrected chi connectivity index (χ0v) is 17.3. The molecule has 0 saturated carbocycles. The number of para-hydroxylation sites is 1. The Morgan fingerprint density at radius 3 is 2.68 bits per heavy atom. The molecule has 0 amide bonds. The molecule has 6 heteroatoms. The summed E-state index contributed by atoms with van der Waals surface area (Å²) in [5, 5.41) is 13.3. The van der Waals surface area contributed by atoms with Crippen molar-refractivity contribution in [2.24, 2.45) is 0 Å². The third-order valence-electron chi connectivity index (χ3n) is 4.80. The van der Waals surface area contributed by atoms with Crippen LogP contribution in [0.25, 0.3) is 22.0 Å². The topological polar surface area (TPSA) is 70.8 Å². The molecule has 0 fully saturated rings. The molecule has 0 bridgehead atoms. The van der Waals surface area contributed by atoms with Crippen molar-refractivity contribution in [2.45, 2.75) is 26.5 Å². The van der Waals surface area contributed by atoms with Gasteiger partial charge in [-0.05, 0) is 61.4 Å². The van der Waals surface area contributed by atoms with E-state index in [1.807, 2.05) is 56.3 Å². The largest absolute Gasteiger partial charge is 0.488 e. The number of anilines is 1. The first kappa shape index (κ1) is 20.3. The molecule has 0 unspecified atom stereocenters. The maximum atomic E-state index is 14.3. The van der Waals surface area contributed by atoms with Crippen LogP contribution in [-0.4, -0.2) is 16.1 Å². The third-order valence-corrected chi connectivity index (χ3v) is 4.80. The first-order valence-corrected chi connectivity index (χ1v) is 9.98. The lowest BCUT2D eigenvalue weighted by atomic mass is 10.0. The monoisotopic (exact) mass is 412 g/mol. The van der Waals surface area contributed by atoms with E-state index in [1.165, 1.54) is 6.07 Å². The second kappa shape index (κ2) is 8.80. The maximum absolute atomic E-state index is 14.3. The second-order valence-electron chi connectivity index (χ2n) is 7.39. The number of aromatic nitrogens is 2. The van der Waals surface area contributed by atoms with Crippen molar-refractivity contribution in [1.29, 1.82) is 5.26 Å². The number of benzene rings is 2. The van der Waals surface area contributed by atoms with Crippen LogP contribution in [0, 0.1) is 17.1 Å². The zero-order valence-electron chi connectivity index (χ0n) is 17.3. The van der Waals surface area contributed by atoms with Crippen LogP contribution in [0.4, 0.5) is 10.1 Å². The molecule has 1 N–H and O–H groups in total. The number of ether oxygens (including phenoxy) is 1. The molecule has 5 nitrogen and oxygen atoms in total.